The van der Waals surface area contributed by atoms with Crippen molar-refractivity contribution in [1.29, 1.82) is 0 Å². The van der Waals surface area contributed by atoms with E-state index in [-0.39, 0.29) is 18.4 Å². The van der Waals surface area contributed by atoms with Crippen molar-refractivity contribution < 1.29 is 19.4 Å². The van der Waals surface area contributed by atoms with Gasteiger partial charge in [-0.2, -0.15) is 0 Å². The molecule has 2 amide bonds. The van der Waals surface area contributed by atoms with E-state index in [2.05, 4.69) is 21.2 Å². The molecule has 0 bridgehead atoms. The van der Waals surface area contributed by atoms with E-state index in [0.717, 1.165) is 10.9 Å². The number of amides is 2. The maximum atomic E-state index is 12.1. The van der Waals surface area contributed by atoms with Crippen LogP contribution in [0.4, 0.5) is 10.5 Å². The molecule has 2 rings (SSSR count). The van der Waals surface area contributed by atoms with Gasteiger partial charge in [-0.1, -0.05) is 0 Å². The molecule has 1 aliphatic heterocycles. The van der Waals surface area contributed by atoms with Gasteiger partial charge in [-0.05, 0) is 46.5 Å². The molecule has 1 unspecified atom stereocenters. The number of aliphatic carboxylic acids is 1. The second kappa shape index (κ2) is 6.80. The first-order valence-electron chi connectivity index (χ1n) is 6.61. The zero-order valence-corrected chi connectivity index (χ0v) is 13.2. The molecule has 0 aliphatic carbocycles. The molecular formula is C14H17BrN2O4. The van der Waals surface area contributed by atoms with Gasteiger partial charge in [-0.15, -0.1) is 0 Å². The summed E-state index contributed by atoms with van der Waals surface area (Å²) >= 11 is 3.36. The van der Waals surface area contributed by atoms with Crippen LogP contribution in [0.25, 0.3) is 0 Å². The molecule has 1 fully saturated rings. The van der Waals surface area contributed by atoms with E-state index >= 15 is 0 Å². The van der Waals surface area contributed by atoms with Gasteiger partial charge in [-0.25, -0.2) is 4.79 Å². The van der Waals surface area contributed by atoms with Crippen LogP contribution < -0.4 is 10.1 Å². The number of benzene rings is 1. The van der Waals surface area contributed by atoms with Gasteiger partial charge >= 0.3 is 12.0 Å². The van der Waals surface area contributed by atoms with E-state index < -0.39 is 5.97 Å². The minimum Gasteiger partial charge on any atom is -0.496 e. The number of rotatable bonds is 4. The van der Waals surface area contributed by atoms with Crippen LogP contribution in [0, 0.1) is 5.92 Å². The minimum absolute atomic E-state index is 0.0378. The highest BCUT2D eigenvalue weighted by Crippen LogP contribution is 2.28. The molecule has 2 N–H and O–H groups in total. The van der Waals surface area contributed by atoms with Crippen molar-refractivity contribution in [1.82, 2.24) is 4.90 Å². The number of carbonyl (C=O) groups is 2. The van der Waals surface area contributed by atoms with Crippen molar-refractivity contribution in [3.8, 4) is 5.75 Å². The molecule has 1 aromatic carbocycles. The van der Waals surface area contributed by atoms with Crippen LogP contribution in [-0.4, -0.2) is 42.2 Å². The van der Waals surface area contributed by atoms with Crippen molar-refractivity contribution >= 4 is 33.6 Å². The molecule has 6 nitrogen and oxygen atoms in total. The number of nitrogens with zero attached hydrogens (tertiary/aromatic N) is 1. The maximum Gasteiger partial charge on any atom is 0.321 e. The standard InChI is InChI=1S/C14H17BrN2O4/c1-21-12-3-2-10(7-11(12)15)16-14(20)17-5-4-9(8-17)6-13(18)19/h2-3,7,9H,4-6,8H2,1H3,(H,16,20)(H,18,19). The lowest BCUT2D eigenvalue weighted by atomic mass is 10.1. The lowest BCUT2D eigenvalue weighted by molar-refractivity contribution is -0.138. The Morgan fingerprint density at radius 3 is 2.90 bits per heavy atom. The Morgan fingerprint density at radius 2 is 2.29 bits per heavy atom. The molecule has 21 heavy (non-hydrogen) atoms. The van der Waals surface area contributed by atoms with Gasteiger partial charge in [0.1, 0.15) is 5.75 Å². The Morgan fingerprint density at radius 1 is 1.52 bits per heavy atom. The minimum atomic E-state index is -0.818. The van der Waals surface area contributed by atoms with Gasteiger partial charge < -0.3 is 20.1 Å². The van der Waals surface area contributed by atoms with Crippen LogP contribution in [0.2, 0.25) is 0 Å². The number of carboxylic acids is 1. The molecule has 0 aromatic heterocycles. The van der Waals surface area contributed by atoms with Crippen molar-refractivity contribution in [2.45, 2.75) is 12.8 Å². The van der Waals surface area contributed by atoms with E-state index in [0.29, 0.717) is 24.5 Å². The summed E-state index contributed by atoms with van der Waals surface area (Å²) in [5.74, 6) is -0.0899. The number of halogens is 1. The van der Waals surface area contributed by atoms with Crippen LogP contribution in [0.3, 0.4) is 0 Å². The van der Waals surface area contributed by atoms with Crippen LogP contribution in [0.5, 0.6) is 5.75 Å². The van der Waals surface area contributed by atoms with Gasteiger partial charge in [0.2, 0.25) is 0 Å². The zero-order chi connectivity index (χ0) is 15.4. The highest BCUT2D eigenvalue weighted by molar-refractivity contribution is 9.10. The largest absolute Gasteiger partial charge is 0.496 e. The summed E-state index contributed by atoms with van der Waals surface area (Å²) in [5, 5.41) is 11.6. The summed E-state index contributed by atoms with van der Waals surface area (Å²) in [6, 6.07) is 5.07. The first-order valence-corrected chi connectivity index (χ1v) is 7.40. The van der Waals surface area contributed by atoms with Crippen LogP contribution in [0.15, 0.2) is 22.7 Å². The predicted octanol–water partition coefficient (Wildman–Crippen LogP) is 2.79. The van der Waals surface area contributed by atoms with Gasteiger partial charge in [-0.3, -0.25) is 4.79 Å². The number of hydrogen-bond acceptors (Lipinski definition) is 3. The first-order chi connectivity index (χ1) is 9.99. The summed E-state index contributed by atoms with van der Waals surface area (Å²) in [6.07, 6.45) is 0.837. The molecule has 0 radical (unpaired) electrons. The summed E-state index contributed by atoms with van der Waals surface area (Å²) in [6.45, 7) is 1.07. The molecule has 0 saturated carbocycles. The third kappa shape index (κ3) is 4.10. The molecule has 1 saturated heterocycles. The molecule has 7 heteroatoms. The lowest BCUT2D eigenvalue weighted by Crippen LogP contribution is -2.33. The maximum absolute atomic E-state index is 12.1. The summed E-state index contributed by atoms with van der Waals surface area (Å²) < 4.78 is 5.89. The SMILES string of the molecule is COc1ccc(NC(=O)N2CCC(CC(=O)O)C2)cc1Br. The van der Waals surface area contributed by atoms with Gasteiger partial charge in [0.25, 0.3) is 0 Å². The summed E-state index contributed by atoms with van der Waals surface area (Å²) in [7, 11) is 1.57. The number of urea groups is 1. The van der Waals surface area contributed by atoms with E-state index in [9.17, 15) is 9.59 Å². The van der Waals surface area contributed by atoms with Crippen molar-refractivity contribution in [2.24, 2.45) is 5.92 Å². The molecule has 1 heterocycles. The molecule has 0 spiro atoms. The molecule has 1 aromatic rings. The number of ether oxygens (including phenoxy) is 1. The number of anilines is 1. The molecular weight excluding hydrogens is 340 g/mol. The number of methoxy groups -OCH3 is 1. The van der Waals surface area contributed by atoms with E-state index in [1.807, 2.05) is 0 Å². The van der Waals surface area contributed by atoms with E-state index in [1.165, 1.54) is 0 Å². The Labute approximate surface area is 131 Å². The average molecular weight is 357 g/mol. The lowest BCUT2D eigenvalue weighted by Gasteiger charge is -2.17. The average Bonchev–Trinajstić information content (AvgIpc) is 2.86. The second-order valence-corrected chi connectivity index (χ2v) is 5.83. The van der Waals surface area contributed by atoms with Crippen molar-refractivity contribution in [3.05, 3.63) is 22.7 Å². The highest BCUT2D eigenvalue weighted by Gasteiger charge is 2.27. The monoisotopic (exact) mass is 356 g/mol. The molecule has 1 aliphatic rings. The van der Waals surface area contributed by atoms with Gasteiger partial charge in [0, 0.05) is 25.2 Å². The molecule has 1 atom stereocenters. The highest BCUT2D eigenvalue weighted by atomic mass is 79.9. The Kier molecular flexibility index (Phi) is 5.06. The fraction of sp³-hybridized carbons (Fsp3) is 0.429. The Balaban J connectivity index is 1.93. The summed E-state index contributed by atoms with van der Waals surface area (Å²) in [5.41, 5.74) is 0.661. The fourth-order valence-electron chi connectivity index (χ4n) is 2.38. The Hall–Kier alpha value is -1.76. The van der Waals surface area contributed by atoms with E-state index in [1.54, 1.807) is 30.2 Å². The van der Waals surface area contributed by atoms with Crippen molar-refractivity contribution in [2.75, 3.05) is 25.5 Å². The summed E-state index contributed by atoms with van der Waals surface area (Å²) in [4.78, 5) is 24.5. The Bertz CT molecular complexity index is 550. The third-order valence-electron chi connectivity index (χ3n) is 3.44. The number of likely N-dealkylation sites (tertiary alicyclic amines) is 1. The van der Waals surface area contributed by atoms with Crippen LogP contribution in [0.1, 0.15) is 12.8 Å². The topological polar surface area (TPSA) is 78.9 Å². The number of hydrogen-bond donors (Lipinski definition) is 2. The number of carboxylic acid groups (broad SMARTS) is 1. The van der Waals surface area contributed by atoms with Crippen LogP contribution in [-0.2, 0) is 4.79 Å². The number of carbonyl (C=O) groups excluding carboxylic acids is 1. The second-order valence-electron chi connectivity index (χ2n) is 4.98. The predicted molar refractivity (Wildman–Crippen MR) is 81.6 cm³/mol. The smallest absolute Gasteiger partial charge is 0.321 e. The normalized spacial score (nSPS) is 17.6. The zero-order valence-electron chi connectivity index (χ0n) is 11.6. The van der Waals surface area contributed by atoms with Gasteiger partial charge in [0.15, 0.2) is 0 Å². The third-order valence-corrected chi connectivity index (χ3v) is 4.06. The first kappa shape index (κ1) is 15.6. The van der Waals surface area contributed by atoms with E-state index in [4.69, 9.17) is 9.84 Å². The van der Waals surface area contributed by atoms with Gasteiger partial charge in [0.05, 0.1) is 11.6 Å². The quantitative estimate of drug-likeness (QED) is 0.869. The van der Waals surface area contributed by atoms with Crippen LogP contribution >= 0.6 is 15.9 Å². The van der Waals surface area contributed by atoms with Crippen molar-refractivity contribution in [3.63, 3.8) is 0 Å². The number of nitrogens with one attached hydrogen (secondary N) is 1. The molecule has 114 valence electrons. The fourth-order valence-corrected chi connectivity index (χ4v) is 2.92.